The number of carbonyl (C=O) groups is 1. The minimum Gasteiger partial charge on any atom is -0.457 e. The summed E-state index contributed by atoms with van der Waals surface area (Å²) in [4.78, 5) is 13.2. The van der Waals surface area contributed by atoms with E-state index in [1.807, 2.05) is 6.92 Å². The first-order chi connectivity index (χ1) is 19.1. The van der Waals surface area contributed by atoms with Crippen molar-refractivity contribution in [3.05, 3.63) is 89.5 Å². The number of nitrogens with zero attached hydrogens (tertiary/aromatic N) is 4. The number of aromatic nitrogens is 3. The molecule has 3 aromatic carbocycles. The predicted octanol–water partition coefficient (Wildman–Crippen LogP) is 4.87. The summed E-state index contributed by atoms with van der Waals surface area (Å²) < 4.78 is 53.9. The standard InChI is InChI=1S/C28H24FN5O5S/c1-16-22-12-23-25(13-24(22)33(40(3,36)37)15-19-14-31-32-34(16)19)39-27(26(23)28(35)30-2)17-4-8-20(9-5-17)38-21-10-6-18(29)7-11-21/h4-14,16H,15H2,1-3H3,(H,30,35)/t16-/m1/s1. The van der Waals surface area contributed by atoms with Gasteiger partial charge in [-0.1, -0.05) is 5.21 Å². The Hall–Kier alpha value is -4.71. The van der Waals surface area contributed by atoms with Crippen molar-refractivity contribution < 1.29 is 26.8 Å². The first-order valence-electron chi connectivity index (χ1n) is 12.4. The molecule has 1 amide bonds. The summed E-state index contributed by atoms with van der Waals surface area (Å²) in [6, 6.07) is 15.7. The van der Waals surface area contributed by atoms with Crippen LogP contribution in [0.5, 0.6) is 11.5 Å². The molecule has 5 aromatic rings. The summed E-state index contributed by atoms with van der Waals surface area (Å²) in [5, 5.41) is 11.4. The Bertz CT molecular complexity index is 1860. The van der Waals surface area contributed by atoms with E-state index in [-0.39, 0.29) is 24.3 Å². The van der Waals surface area contributed by atoms with Gasteiger partial charge >= 0.3 is 0 Å². The number of amides is 1. The van der Waals surface area contributed by atoms with E-state index in [0.29, 0.717) is 56.3 Å². The number of benzene rings is 3. The van der Waals surface area contributed by atoms with E-state index >= 15 is 0 Å². The van der Waals surface area contributed by atoms with Crippen molar-refractivity contribution in [1.82, 2.24) is 20.3 Å². The third-order valence-electron chi connectivity index (χ3n) is 6.90. The summed E-state index contributed by atoms with van der Waals surface area (Å²) in [7, 11) is -2.14. The lowest BCUT2D eigenvalue weighted by atomic mass is 9.99. The van der Waals surface area contributed by atoms with Crippen LogP contribution in [0.15, 0.2) is 71.3 Å². The summed E-state index contributed by atoms with van der Waals surface area (Å²) in [6.07, 6.45) is 2.69. The van der Waals surface area contributed by atoms with Crippen LogP contribution >= 0.6 is 0 Å². The molecule has 12 heteroatoms. The molecule has 204 valence electrons. The van der Waals surface area contributed by atoms with E-state index in [1.54, 1.807) is 47.3 Å². The van der Waals surface area contributed by atoms with Gasteiger partial charge < -0.3 is 14.5 Å². The average molecular weight is 562 g/mol. The van der Waals surface area contributed by atoms with Crippen LogP contribution in [-0.2, 0) is 16.6 Å². The van der Waals surface area contributed by atoms with Gasteiger partial charge in [0.2, 0.25) is 10.0 Å². The van der Waals surface area contributed by atoms with Crippen molar-refractivity contribution in [2.24, 2.45) is 0 Å². The number of halogens is 1. The van der Waals surface area contributed by atoms with Gasteiger partial charge in [-0.2, -0.15) is 0 Å². The predicted molar refractivity (Wildman–Crippen MR) is 146 cm³/mol. The molecule has 0 unspecified atom stereocenters. The van der Waals surface area contributed by atoms with Crippen LogP contribution in [0.1, 0.15) is 34.6 Å². The van der Waals surface area contributed by atoms with Crippen molar-refractivity contribution in [2.75, 3.05) is 17.6 Å². The number of carbonyl (C=O) groups excluding carboxylic acids is 1. The lowest BCUT2D eigenvalue weighted by Crippen LogP contribution is -2.29. The lowest BCUT2D eigenvalue weighted by molar-refractivity contribution is 0.0964. The van der Waals surface area contributed by atoms with Crippen molar-refractivity contribution >= 4 is 32.6 Å². The zero-order valence-corrected chi connectivity index (χ0v) is 22.6. The molecular formula is C28H24FN5O5S. The molecule has 1 aliphatic heterocycles. The van der Waals surface area contributed by atoms with E-state index < -0.39 is 10.0 Å². The Kier molecular flexibility index (Phi) is 6.06. The molecule has 0 aliphatic carbocycles. The Morgan fingerprint density at radius 1 is 1.10 bits per heavy atom. The van der Waals surface area contributed by atoms with Gasteiger partial charge in [0, 0.05) is 29.6 Å². The second-order valence-corrected chi connectivity index (χ2v) is 11.4. The van der Waals surface area contributed by atoms with Crippen molar-refractivity contribution in [3.63, 3.8) is 0 Å². The molecule has 1 N–H and O–H groups in total. The van der Waals surface area contributed by atoms with Crippen LogP contribution in [-0.4, -0.2) is 42.6 Å². The number of nitrogens with one attached hydrogen (secondary N) is 1. The van der Waals surface area contributed by atoms with Gasteiger partial charge in [0.25, 0.3) is 5.91 Å². The van der Waals surface area contributed by atoms with Crippen LogP contribution in [0.4, 0.5) is 10.1 Å². The van der Waals surface area contributed by atoms with Crippen LogP contribution in [0.25, 0.3) is 22.3 Å². The molecule has 0 saturated heterocycles. The monoisotopic (exact) mass is 561 g/mol. The number of rotatable bonds is 5. The maximum Gasteiger partial charge on any atom is 0.255 e. The quantitative estimate of drug-likeness (QED) is 0.325. The molecule has 6 rings (SSSR count). The fourth-order valence-electron chi connectivity index (χ4n) is 4.93. The van der Waals surface area contributed by atoms with E-state index in [4.69, 9.17) is 9.15 Å². The highest BCUT2D eigenvalue weighted by atomic mass is 32.2. The largest absolute Gasteiger partial charge is 0.457 e. The van der Waals surface area contributed by atoms with Gasteiger partial charge in [-0.05, 0) is 61.5 Å². The summed E-state index contributed by atoms with van der Waals surface area (Å²) in [6.45, 7) is 1.95. The smallest absolute Gasteiger partial charge is 0.255 e. The number of fused-ring (bicyclic) bond motifs is 3. The Morgan fingerprint density at radius 2 is 1.77 bits per heavy atom. The normalized spacial score (nSPS) is 14.9. The summed E-state index contributed by atoms with van der Waals surface area (Å²) in [5.74, 6) is 0.597. The topological polar surface area (TPSA) is 120 Å². The molecule has 1 aliphatic rings. The second-order valence-electron chi connectivity index (χ2n) is 9.49. The molecule has 0 radical (unpaired) electrons. The van der Waals surface area contributed by atoms with Crippen LogP contribution in [0.3, 0.4) is 0 Å². The molecular weight excluding hydrogens is 537 g/mol. The van der Waals surface area contributed by atoms with Gasteiger partial charge in [0.05, 0.1) is 42.0 Å². The number of furan rings is 1. The Balaban J connectivity index is 1.49. The maximum absolute atomic E-state index is 13.2. The SMILES string of the molecule is CNC(=O)c1c(-c2ccc(Oc3ccc(F)cc3)cc2)oc2cc3c(cc12)[C@@H](C)n1nncc1CN3S(C)(=O)=O. The van der Waals surface area contributed by atoms with Crippen molar-refractivity contribution in [1.29, 1.82) is 0 Å². The van der Waals surface area contributed by atoms with Crippen molar-refractivity contribution in [2.45, 2.75) is 19.5 Å². The van der Waals surface area contributed by atoms with E-state index in [2.05, 4.69) is 15.6 Å². The number of anilines is 1. The molecule has 40 heavy (non-hydrogen) atoms. The number of hydrogen-bond donors (Lipinski definition) is 1. The molecule has 1 atom stereocenters. The minimum absolute atomic E-state index is 0.0556. The minimum atomic E-state index is -3.68. The number of sulfonamides is 1. The highest BCUT2D eigenvalue weighted by molar-refractivity contribution is 7.92. The van der Waals surface area contributed by atoms with Gasteiger partial charge in [0.15, 0.2) is 0 Å². The third-order valence-corrected chi connectivity index (χ3v) is 8.02. The molecule has 3 heterocycles. The first kappa shape index (κ1) is 25.6. The van der Waals surface area contributed by atoms with Gasteiger partial charge in [-0.25, -0.2) is 17.5 Å². The molecule has 0 bridgehead atoms. The second kappa shape index (κ2) is 9.49. The van der Waals surface area contributed by atoms with Crippen LogP contribution < -0.4 is 14.4 Å². The summed E-state index contributed by atoms with van der Waals surface area (Å²) in [5.41, 5.74) is 3.03. The maximum atomic E-state index is 13.2. The highest BCUT2D eigenvalue weighted by Crippen LogP contribution is 2.42. The van der Waals surface area contributed by atoms with E-state index in [1.165, 1.54) is 35.6 Å². The van der Waals surface area contributed by atoms with Gasteiger partial charge in [-0.15, -0.1) is 5.10 Å². The third kappa shape index (κ3) is 4.35. The molecule has 0 fully saturated rings. The Morgan fingerprint density at radius 3 is 2.42 bits per heavy atom. The van der Waals surface area contributed by atoms with Crippen molar-refractivity contribution in [3.8, 4) is 22.8 Å². The average Bonchev–Trinajstić information content (AvgIpc) is 3.53. The van der Waals surface area contributed by atoms with E-state index in [9.17, 15) is 17.6 Å². The first-order valence-corrected chi connectivity index (χ1v) is 14.2. The summed E-state index contributed by atoms with van der Waals surface area (Å²) >= 11 is 0. The van der Waals surface area contributed by atoms with Crippen LogP contribution in [0.2, 0.25) is 0 Å². The van der Waals surface area contributed by atoms with E-state index in [0.717, 1.165) is 6.26 Å². The zero-order chi connectivity index (χ0) is 28.2. The molecule has 0 spiro atoms. The fraction of sp³-hybridized carbons (Fsp3) is 0.179. The van der Waals surface area contributed by atoms with Gasteiger partial charge in [0.1, 0.15) is 28.7 Å². The lowest BCUT2D eigenvalue weighted by Gasteiger charge is -2.22. The van der Waals surface area contributed by atoms with Crippen LogP contribution in [0, 0.1) is 5.82 Å². The van der Waals surface area contributed by atoms with Gasteiger partial charge in [-0.3, -0.25) is 9.10 Å². The molecule has 2 aromatic heterocycles. The molecule has 0 saturated carbocycles. The number of hydrogen-bond acceptors (Lipinski definition) is 7. The zero-order valence-electron chi connectivity index (χ0n) is 21.8. The molecule has 10 nitrogen and oxygen atoms in total. The highest BCUT2D eigenvalue weighted by Gasteiger charge is 2.32. The Labute approximate surface area is 229 Å². The number of ether oxygens (including phenoxy) is 1. The fourth-order valence-corrected chi connectivity index (χ4v) is 5.81.